The van der Waals surface area contributed by atoms with Gasteiger partial charge in [0, 0.05) is 0 Å². The third-order valence-electron chi connectivity index (χ3n) is 5.52. The summed E-state index contributed by atoms with van der Waals surface area (Å²) in [6, 6.07) is 0. The Hall–Kier alpha value is 0.316. The number of carbonyl (C=O) groups is 2. The average Bonchev–Trinajstić information content (AvgIpc) is 2.59. The summed E-state index contributed by atoms with van der Waals surface area (Å²) in [5, 5.41) is 19.4. The van der Waals surface area contributed by atoms with E-state index in [4.69, 9.17) is 0 Å². The zero-order valence-corrected chi connectivity index (χ0v) is 20.1. The second kappa shape index (κ2) is 15.3. The van der Waals surface area contributed by atoms with Crippen LogP contribution < -0.4 is 51.4 Å². The first-order valence-corrected chi connectivity index (χ1v) is 10.2. The fourth-order valence-corrected chi connectivity index (χ4v) is 4.08. The molecule has 146 valence electrons. The normalized spacial score (nSPS) is 17.5. The van der Waals surface area contributed by atoms with Gasteiger partial charge in [0.25, 0.3) is 0 Å². The van der Waals surface area contributed by atoms with E-state index in [-0.39, 0.29) is 58.7 Å². The molecule has 1 rings (SSSR count). The van der Waals surface area contributed by atoms with E-state index in [1.165, 1.54) is 0 Å². The fourth-order valence-electron chi connectivity index (χ4n) is 4.08. The van der Waals surface area contributed by atoms with Crippen LogP contribution in [0.1, 0.15) is 92.3 Å². The molecule has 0 aliphatic heterocycles. The van der Waals surface area contributed by atoms with Crippen LogP contribution in [0.3, 0.4) is 0 Å². The van der Waals surface area contributed by atoms with Crippen molar-refractivity contribution >= 4 is 11.9 Å². The molecule has 3 atom stereocenters. The molecule has 0 saturated heterocycles. The second-order valence-corrected chi connectivity index (χ2v) is 7.49. The summed E-state index contributed by atoms with van der Waals surface area (Å²) >= 11 is 0. The van der Waals surface area contributed by atoms with Crippen LogP contribution >= 0.6 is 0 Å². The first-order valence-electron chi connectivity index (χ1n) is 10.2. The number of unbranched alkanes of at least 4 members (excludes halogenated alkanes) is 3. The predicted molar refractivity (Wildman–Crippen MR) is 102 cm³/mol. The SMILES string of the molecule is CCCCCCC(CC(C(=O)O)C1=CCCCC1)C(CCC)C(=O)O.[H-].[K+]. The van der Waals surface area contributed by atoms with Crippen molar-refractivity contribution in [3.05, 3.63) is 11.6 Å². The van der Waals surface area contributed by atoms with E-state index < -0.39 is 23.8 Å². The summed E-state index contributed by atoms with van der Waals surface area (Å²) in [6.45, 7) is 4.16. The molecule has 0 bridgehead atoms. The minimum Gasteiger partial charge on any atom is -1.00 e. The summed E-state index contributed by atoms with van der Waals surface area (Å²) in [7, 11) is 0. The second-order valence-electron chi connectivity index (χ2n) is 7.49. The number of rotatable bonds is 13. The van der Waals surface area contributed by atoms with Gasteiger partial charge in [-0.3, -0.25) is 9.59 Å². The number of aliphatic carboxylic acids is 2. The molecule has 1 aliphatic carbocycles. The molecule has 0 heterocycles. The minimum atomic E-state index is -0.785. The van der Waals surface area contributed by atoms with Crippen molar-refractivity contribution in [2.24, 2.45) is 17.8 Å². The molecular weight excluding hydrogens is 355 g/mol. The van der Waals surface area contributed by atoms with Gasteiger partial charge in [0.2, 0.25) is 0 Å². The maximum Gasteiger partial charge on any atom is 1.00 e. The summed E-state index contributed by atoms with van der Waals surface area (Å²) in [5.74, 6) is -2.51. The van der Waals surface area contributed by atoms with Gasteiger partial charge in [-0.15, -0.1) is 0 Å². The summed E-state index contributed by atoms with van der Waals surface area (Å²) in [6.07, 6.45) is 13.2. The van der Waals surface area contributed by atoms with E-state index in [0.29, 0.717) is 12.8 Å². The van der Waals surface area contributed by atoms with Gasteiger partial charge >= 0.3 is 63.3 Å². The molecule has 0 amide bonds. The molecule has 0 fully saturated rings. The molecular formula is C21H37KO4. The molecule has 0 saturated carbocycles. The third kappa shape index (κ3) is 9.49. The third-order valence-corrected chi connectivity index (χ3v) is 5.52. The van der Waals surface area contributed by atoms with Crippen molar-refractivity contribution < 1.29 is 72.6 Å². The Morgan fingerprint density at radius 3 is 2.27 bits per heavy atom. The molecule has 26 heavy (non-hydrogen) atoms. The smallest absolute Gasteiger partial charge is 1.00 e. The van der Waals surface area contributed by atoms with Crippen molar-refractivity contribution in [1.29, 1.82) is 0 Å². The standard InChI is InChI=1S/C21H36O4.K.H/c1-3-5-6-8-14-17(18(11-4-2)20(22)23)15-19(21(24)25)16-12-9-7-10-13-16;;/h12,17-19H,3-11,13-15H2,1-2H3,(H,22,23)(H,24,25);;/q;+1;-1. The summed E-state index contributed by atoms with van der Waals surface area (Å²) < 4.78 is 0. The van der Waals surface area contributed by atoms with Crippen LogP contribution in [0.15, 0.2) is 11.6 Å². The van der Waals surface area contributed by atoms with Crippen LogP contribution in [0.2, 0.25) is 0 Å². The topological polar surface area (TPSA) is 74.6 Å². The molecule has 0 aromatic rings. The van der Waals surface area contributed by atoms with E-state index in [2.05, 4.69) is 13.0 Å². The van der Waals surface area contributed by atoms with Gasteiger partial charge in [-0.25, -0.2) is 0 Å². The zero-order valence-electron chi connectivity index (χ0n) is 18.0. The Kier molecular flexibility index (Phi) is 15.4. The maximum absolute atomic E-state index is 11.9. The molecule has 5 heteroatoms. The van der Waals surface area contributed by atoms with Crippen LogP contribution in [0.4, 0.5) is 0 Å². The number of hydrogen-bond donors (Lipinski definition) is 2. The first-order chi connectivity index (χ1) is 12.0. The number of carboxylic acid groups (broad SMARTS) is 2. The van der Waals surface area contributed by atoms with Gasteiger partial charge in [-0.05, 0) is 50.9 Å². The van der Waals surface area contributed by atoms with Crippen LogP contribution in [0.25, 0.3) is 0 Å². The Labute approximate surface area is 203 Å². The maximum atomic E-state index is 11.9. The summed E-state index contributed by atoms with van der Waals surface area (Å²) in [5.41, 5.74) is 1.03. The zero-order chi connectivity index (χ0) is 18.7. The van der Waals surface area contributed by atoms with E-state index in [1.807, 2.05) is 6.92 Å². The Bertz CT molecular complexity index is 453. The number of carboxylic acids is 2. The molecule has 1 aliphatic rings. The van der Waals surface area contributed by atoms with Gasteiger partial charge in [-0.2, -0.15) is 0 Å². The van der Waals surface area contributed by atoms with Crippen molar-refractivity contribution in [2.75, 3.05) is 0 Å². The van der Waals surface area contributed by atoms with Gasteiger partial charge in [0.15, 0.2) is 0 Å². The van der Waals surface area contributed by atoms with Gasteiger partial charge in [0.1, 0.15) is 0 Å². The van der Waals surface area contributed by atoms with E-state index >= 15 is 0 Å². The molecule has 3 unspecified atom stereocenters. The van der Waals surface area contributed by atoms with Crippen LogP contribution in [0, 0.1) is 17.8 Å². The van der Waals surface area contributed by atoms with Crippen LogP contribution in [-0.4, -0.2) is 22.2 Å². The van der Waals surface area contributed by atoms with E-state index in [9.17, 15) is 19.8 Å². The van der Waals surface area contributed by atoms with E-state index in [1.54, 1.807) is 0 Å². The van der Waals surface area contributed by atoms with Gasteiger partial charge < -0.3 is 11.6 Å². The molecule has 0 radical (unpaired) electrons. The quantitative estimate of drug-likeness (QED) is 0.287. The Morgan fingerprint density at radius 1 is 1.04 bits per heavy atom. The Balaban J connectivity index is 0. The van der Waals surface area contributed by atoms with E-state index in [0.717, 1.165) is 69.8 Å². The first kappa shape index (κ1) is 26.3. The van der Waals surface area contributed by atoms with Crippen LogP contribution in [-0.2, 0) is 9.59 Å². The largest absolute Gasteiger partial charge is 1.00 e. The minimum absolute atomic E-state index is 0. The van der Waals surface area contributed by atoms with Crippen molar-refractivity contribution in [3.63, 3.8) is 0 Å². The van der Waals surface area contributed by atoms with Gasteiger partial charge in [-0.1, -0.05) is 57.6 Å². The monoisotopic (exact) mass is 392 g/mol. The molecule has 4 nitrogen and oxygen atoms in total. The average molecular weight is 393 g/mol. The van der Waals surface area contributed by atoms with Crippen molar-refractivity contribution in [2.45, 2.75) is 90.9 Å². The van der Waals surface area contributed by atoms with Crippen LogP contribution in [0.5, 0.6) is 0 Å². The van der Waals surface area contributed by atoms with Crippen molar-refractivity contribution in [3.8, 4) is 0 Å². The molecule has 0 aromatic heterocycles. The number of hydrogen-bond acceptors (Lipinski definition) is 2. The predicted octanol–water partition coefficient (Wildman–Crippen LogP) is 2.78. The fraction of sp³-hybridized carbons (Fsp3) is 0.810. The molecule has 2 N–H and O–H groups in total. The van der Waals surface area contributed by atoms with Crippen molar-refractivity contribution in [1.82, 2.24) is 0 Å². The molecule has 0 spiro atoms. The summed E-state index contributed by atoms with van der Waals surface area (Å²) in [4.78, 5) is 23.7. The molecule has 0 aromatic carbocycles. The number of allylic oxidation sites excluding steroid dienone is 1. The van der Waals surface area contributed by atoms with Gasteiger partial charge in [0.05, 0.1) is 11.8 Å². The Morgan fingerprint density at radius 2 is 1.77 bits per heavy atom.